The normalized spacial score (nSPS) is 10.8. The van der Waals surface area contributed by atoms with Crippen molar-refractivity contribution in [3.63, 3.8) is 0 Å². The fraction of sp³-hybridized carbons (Fsp3) is 0.182. The Bertz CT molecular complexity index is 1080. The molecule has 4 aromatic rings. The van der Waals surface area contributed by atoms with Gasteiger partial charge in [0.25, 0.3) is 0 Å². The summed E-state index contributed by atoms with van der Waals surface area (Å²) in [6.45, 7) is 3.31. The second kappa shape index (κ2) is 9.69. The van der Waals surface area contributed by atoms with E-state index in [1.165, 1.54) is 16.6 Å². The lowest BCUT2D eigenvalue weighted by Gasteiger charge is -2.20. The van der Waals surface area contributed by atoms with E-state index < -0.39 is 0 Å². The van der Waals surface area contributed by atoms with E-state index in [0.717, 1.165) is 11.3 Å². The van der Waals surface area contributed by atoms with E-state index >= 15 is 0 Å². The maximum absolute atomic E-state index is 12.8. The number of para-hydroxylation sites is 1. The van der Waals surface area contributed by atoms with Gasteiger partial charge in [0.1, 0.15) is 0 Å². The number of nitrogens with zero attached hydrogens (tertiary/aromatic N) is 5. The number of benzene rings is 1. The highest BCUT2D eigenvalue weighted by molar-refractivity contribution is 7.99. The Hall–Kier alpha value is -2.97. The largest absolute Gasteiger partial charge is 0.337 e. The first-order chi connectivity index (χ1) is 14.8. The standard InChI is InChI=1S/C22H21N5OS2/c1-2-26(15-19-11-7-13-29-19)20(28)16-30-22-25-24-21(17-8-6-12-23-14-17)27(22)18-9-4-3-5-10-18/h3-14H,2,15-16H2,1H3. The third-order valence-electron chi connectivity index (χ3n) is 4.55. The van der Waals surface area contributed by atoms with Crippen LogP contribution in [0.15, 0.2) is 77.5 Å². The Morgan fingerprint density at radius 2 is 1.97 bits per heavy atom. The number of amides is 1. The lowest BCUT2D eigenvalue weighted by molar-refractivity contribution is -0.128. The molecule has 0 saturated carbocycles. The second-order valence-electron chi connectivity index (χ2n) is 6.49. The van der Waals surface area contributed by atoms with E-state index in [1.807, 2.05) is 70.3 Å². The predicted molar refractivity (Wildman–Crippen MR) is 121 cm³/mol. The molecular weight excluding hydrogens is 414 g/mol. The van der Waals surface area contributed by atoms with Gasteiger partial charge in [0.2, 0.25) is 5.91 Å². The van der Waals surface area contributed by atoms with Crippen LogP contribution in [0.25, 0.3) is 17.1 Å². The van der Waals surface area contributed by atoms with Gasteiger partial charge in [0.05, 0.1) is 12.3 Å². The van der Waals surface area contributed by atoms with Crippen LogP contribution in [0, 0.1) is 0 Å². The van der Waals surface area contributed by atoms with E-state index in [9.17, 15) is 4.79 Å². The van der Waals surface area contributed by atoms with Gasteiger partial charge in [-0.2, -0.15) is 0 Å². The van der Waals surface area contributed by atoms with Gasteiger partial charge in [-0.15, -0.1) is 21.5 Å². The maximum atomic E-state index is 12.8. The Morgan fingerprint density at radius 1 is 1.10 bits per heavy atom. The fourth-order valence-electron chi connectivity index (χ4n) is 3.04. The number of pyridine rings is 1. The number of hydrogen-bond acceptors (Lipinski definition) is 6. The van der Waals surface area contributed by atoms with Gasteiger partial charge in [0, 0.05) is 35.1 Å². The van der Waals surface area contributed by atoms with Gasteiger partial charge in [-0.3, -0.25) is 14.3 Å². The van der Waals surface area contributed by atoms with Crippen LogP contribution in [0.2, 0.25) is 0 Å². The minimum absolute atomic E-state index is 0.0847. The number of carbonyl (C=O) groups is 1. The summed E-state index contributed by atoms with van der Waals surface area (Å²) in [5, 5.41) is 11.5. The van der Waals surface area contributed by atoms with Gasteiger partial charge in [0.15, 0.2) is 11.0 Å². The van der Waals surface area contributed by atoms with E-state index in [2.05, 4.69) is 21.2 Å². The molecule has 0 saturated heterocycles. The quantitative estimate of drug-likeness (QED) is 0.381. The van der Waals surface area contributed by atoms with E-state index in [4.69, 9.17) is 0 Å². The smallest absolute Gasteiger partial charge is 0.233 e. The summed E-state index contributed by atoms with van der Waals surface area (Å²) >= 11 is 3.07. The van der Waals surface area contributed by atoms with Crippen molar-refractivity contribution in [2.75, 3.05) is 12.3 Å². The first kappa shape index (κ1) is 20.3. The lowest BCUT2D eigenvalue weighted by atomic mass is 10.2. The summed E-state index contributed by atoms with van der Waals surface area (Å²) in [5.74, 6) is 1.09. The van der Waals surface area contributed by atoms with E-state index in [0.29, 0.717) is 29.8 Å². The molecule has 0 unspecified atom stereocenters. The molecule has 3 aromatic heterocycles. The SMILES string of the molecule is CCN(Cc1cccs1)C(=O)CSc1nnc(-c2cccnc2)n1-c1ccccc1. The molecule has 4 rings (SSSR count). The molecule has 6 nitrogen and oxygen atoms in total. The van der Waals surface area contributed by atoms with Crippen LogP contribution in [0.1, 0.15) is 11.8 Å². The zero-order chi connectivity index (χ0) is 20.8. The number of hydrogen-bond donors (Lipinski definition) is 0. The molecule has 8 heteroatoms. The van der Waals surface area contributed by atoms with Crippen molar-refractivity contribution in [3.05, 3.63) is 77.2 Å². The Kier molecular flexibility index (Phi) is 6.56. The van der Waals surface area contributed by atoms with Crippen LogP contribution < -0.4 is 0 Å². The van der Waals surface area contributed by atoms with Crippen molar-refractivity contribution in [1.29, 1.82) is 0 Å². The molecule has 0 atom stereocenters. The Morgan fingerprint density at radius 3 is 2.67 bits per heavy atom. The van der Waals surface area contributed by atoms with E-state index in [-0.39, 0.29) is 5.91 Å². The van der Waals surface area contributed by atoms with Gasteiger partial charge >= 0.3 is 0 Å². The van der Waals surface area contributed by atoms with Crippen LogP contribution in [0.4, 0.5) is 0 Å². The maximum Gasteiger partial charge on any atom is 0.233 e. The van der Waals surface area contributed by atoms with Crippen molar-refractivity contribution in [2.45, 2.75) is 18.6 Å². The first-order valence-corrected chi connectivity index (χ1v) is 11.5. The predicted octanol–water partition coefficient (Wildman–Crippen LogP) is 4.53. The number of aromatic nitrogens is 4. The molecule has 1 aromatic carbocycles. The number of carbonyl (C=O) groups excluding carboxylic acids is 1. The van der Waals surface area contributed by atoms with Crippen molar-refractivity contribution >= 4 is 29.0 Å². The molecule has 1 amide bonds. The highest BCUT2D eigenvalue weighted by Gasteiger charge is 2.19. The van der Waals surface area contributed by atoms with Crippen LogP contribution in [0.5, 0.6) is 0 Å². The van der Waals surface area contributed by atoms with Crippen molar-refractivity contribution in [1.82, 2.24) is 24.6 Å². The molecule has 152 valence electrons. The van der Waals surface area contributed by atoms with Gasteiger partial charge < -0.3 is 4.90 Å². The average Bonchev–Trinajstić information content (AvgIpc) is 3.47. The molecule has 0 aliphatic rings. The lowest BCUT2D eigenvalue weighted by Crippen LogP contribution is -2.31. The summed E-state index contributed by atoms with van der Waals surface area (Å²) in [4.78, 5) is 20.1. The third-order valence-corrected chi connectivity index (χ3v) is 6.33. The summed E-state index contributed by atoms with van der Waals surface area (Å²) in [5.41, 5.74) is 1.82. The highest BCUT2D eigenvalue weighted by Crippen LogP contribution is 2.27. The van der Waals surface area contributed by atoms with Crippen LogP contribution in [-0.2, 0) is 11.3 Å². The minimum Gasteiger partial charge on any atom is -0.337 e. The topological polar surface area (TPSA) is 63.9 Å². The van der Waals surface area contributed by atoms with E-state index in [1.54, 1.807) is 23.7 Å². The number of thiophene rings is 1. The molecule has 0 aliphatic heterocycles. The minimum atomic E-state index is 0.0847. The van der Waals surface area contributed by atoms with Crippen molar-refractivity contribution in [2.24, 2.45) is 0 Å². The molecule has 30 heavy (non-hydrogen) atoms. The zero-order valence-corrected chi connectivity index (χ0v) is 18.1. The molecule has 0 spiro atoms. The molecule has 0 fully saturated rings. The second-order valence-corrected chi connectivity index (χ2v) is 8.47. The summed E-state index contributed by atoms with van der Waals surface area (Å²) < 4.78 is 1.98. The first-order valence-electron chi connectivity index (χ1n) is 9.60. The average molecular weight is 436 g/mol. The third kappa shape index (κ3) is 4.60. The van der Waals surface area contributed by atoms with Gasteiger partial charge in [-0.25, -0.2) is 0 Å². The van der Waals surface area contributed by atoms with Crippen LogP contribution in [-0.4, -0.2) is 42.9 Å². The van der Waals surface area contributed by atoms with Gasteiger partial charge in [-0.1, -0.05) is 36.0 Å². The number of rotatable bonds is 8. The zero-order valence-electron chi connectivity index (χ0n) is 16.5. The van der Waals surface area contributed by atoms with Crippen molar-refractivity contribution in [3.8, 4) is 17.1 Å². The van der Waals surface area contributed by atoms with Crippen LogP contribution in [0.3, 0.4) is 0 Å². The molecule has 0 radical (unpaired) electrons. The number of thioether (sulfide) groups is 1. The summed E-state index contributed by atoms with van der Waals surface area (Å²) in [7, 11) is 0. The van der Waals surface area contributed by atoms with Gasteiger partial charge in [-0.05, 0) is 42.6 Å². The Labute approximate surface area is 183 Å². The molecule has 0 N–H and O–H groups in total. The molecule has 0 aliphatic carbocycles. The van der Waals surface area contributed by atoms with Crippen LogP contribution >= 0.6 is 23.1 Å². The molecular formula is C22H21N5OS2. The Balaban J connectivity index is 1.57. The molecule has 3 heterocycles. The van der Waals surface area contributed by atoms with Crippen molar-refractivity contribution < 1.29 is 4.79 Å². The highest BCUT2D eigenvalue weighted by atomic mass is 32.2. The summed E-state index contributed by atoms with van der Waals surface area (Å²) in [6, 6.07) is 17.8. The monoisotopic (exact) mass is 435 g/mol. The summed E-state index contributed by atoms with van der Waals surface area (Å²) in [6.07, 6.45) is 3.50. The molecule has 0 bridgehead atoms. The fourth-order valence-corrected chi connectivity index (χ4v) is 4.61.